The molecule has 6 nitrogen and oxygen atoms in total. The molecule has 4 rings (SSSR count). The van der Waals surface area contributed by atoms with Crippen LogP contribution >= 0.6 is 0 Å². The second-order valence-corrected chi connectivity index (χ2v) is 6.53. The lowest BCUT2D eigenvalue weighted by Crippen LogP contribution is -2.48. The molecule has 3 heterocycles. The molecule has 0 N–H and O–H groups in total. The van der Waals surface area contributed by atoms with Gasteiger partial charge in [-0.3, -0.25) is 4.79 Å². The largest absolute Gasteiger partial charge is 0.338 e. The highest BCUT2D eigenvalue weighted by atomic mass is 16.2. The number of rotatable bonds is 1. The van der Waals surface area contributed by atoms with Crippen molar-refractivity contribution < 1.29 is 4.79 Å². The molecule has 6 heteroatoms. The summed E-state index contributed by atoms with van der Waals surface area (Å²) in [6.07, 6.45) is 9.22. The molecule has 1 saturated heterocycles. The monoisotopic (exact) mass is 309 g/mol. The Hall–Kier alpha value is -2.37. The number of hydrogen-bond acceptors (Lipinski definition) is 5. The Bertz CT molecular complexity index is 744. The van der Waals surface area contributed by atoms with E-state index in [1.807, 2.05) is 18.0 Å². The zero-order valence-corrected chi connectivity index (χ0v) is 13.2. The van der Waals surface area contributed by atoms with E-state index in [2.05, 4.69) is 15.2 Å². The van der Waals surface area contributed by atoms with Crippen LogP contribution in [0.4, 0.5) is 0 Å². The zero-order valence-electron chi connectivity index (χ0n) is 13.2. The highest BCUT2D eigenvalue weighted by Crippen LogP contribution is 2.43. The van der Waals surface area contributed by atoms with Crippen LogP contribution in [0.2, 0.25) is 0 Å². The van der Waals surface area contributed by atoms with Crippen molar-refractivity contribution in [2.45, 2.75) is 38.0 Å². The van der Waals surface area contributed by atoms with E-state index in [-0.39, 0.29) is 11.3 Å². The summed E-state index contributed by atoms with van der Waals surface area (Å²) in [4.78, 5) is 23.7. The van der Waals surface area contributed by atoms with E-state index in [1.54, 1.807) is 18.5 Å². The van der Waals surface area contributed by atoms with E-state index in [0.29, 0.717) is 5.56 Å². The summed E-state index contributed by atoms with van der Waals surface area (Å²) in [7, 11) is 0. The minimum atomic E-state index is -0.00258. The summed E-state index contributed by atoms with van der Waals surface area (Å²) >= 11 is 0. The van der Waals surface area contributed by atoms with Crippen LogP contribution in [-0.2, 0) is 11.8 Å². The molecule has 2 aromatic heterocycles. The quantitative estimate of drug-likeness (QED) is 0.801. The van der Waals surface area contributed by atoms with E-state index >= 15 is 0 Å². The van der Waals surface area contributed by atoms with Crippen molar-refractivity contribution >= 4 is 5.91 Å². The van der Waals surface area contributed by atoms with Crippen LogP contribution < -0.4 is 0 Å². The normalized spacial score (nSPS) is 23.1. The van der Waals surface area contributed by atoms with Gasteiger partial charge in [0.2, 0.25) is 0 Å². The van der Waals surface area contributed by atoms with Crippen LogP contribution in [0.1, 0.15) is 46.7 Å². The van der Waals surface area contributed by atoms with Gasteiger partial charge in [0.05, 0.1) is 23.7 Å². The summed E-state index contributed by atoms with van der Waals surface area (Å²) in [6, 6.07) is 1.73. The highest BCUT2D eigenvalue weighted by Gasteiger charge is 2.44. The number of nitrogens with zero attached hydrogens (tertiary/aromatic N) is 5. The number of carbonyl (C=O) groups is 1. The summed E-state index contributed by atoms with van der Waals surface area (Å²) < 4.78 is 0. The second kappa shape index (κ2) is 5.37. The van der Waals surface area contributed by atoms with Crippen molar-refractivity contribution in [2.24, 2.45) is 0 Å². The summed E-state index contributed by atoms with van der Waals surface area (Å²) in [5.41, 5.74) is 3.01. The number of aryl methyl sites for hydroxylation is 2. The molecule has 1 amide bonds. The minimum Gasteiger partial charge on any atom is -0.338 e. The maximum absolute atomic E-state index is 12.7. The standard InChI is InChI=1S/C17H19N5O/c1-12-18-9-13-3-6-17(15(13)21-12)5-2-8-22(11-17)16(23)14-4-7-19-20-10-14/h4,7,9-10H,2-3,5-6,8,11H2,1H3. The molecule has 2 aliphatic rings. The van der Waals surface area contributed by atoms with Gasteiger partial charge in [0.1, 0.15) is 5.82 Å². The highest BCUT2D eigenvalue weighted by molar-refractivity contribution is 5.94. The van der Waals surface area contributed by atoms with Crippen LogP contribution in [0.25, 0.3) is 0 Å². The third-order valence-corrected chi connectivity index (χ3v) is 5.06. The minimum absolute atomic E-state index is 0.00258. The zero-order chi connectivity index (χ0) is 15.9. The first-order chi connectivity index (χ1) is 11.2. The molecular formula is C17H19N5O. The van der Waals surface area contributed by atoms with Gasteiger partial charge in [-0.15, -0.1) is 0 Å². The number of likely N-dealkylation sites (tertiary alicyclic amines) is 1. The van der Waals surface area contributed by atoms with Gasteiger partial charge >= 0.3 is 0 Å². The van der Waals surface area contributed by atoms with E-state index in [4.69, 9.17) is 4.98 Å². The molecule has 1 atom stereocenters. The molecule has 118 valence electrons. The molecule has 1 aliphatic carbocycles. The number of aromatic nitrogens is 4. The molecule has 1 unspecified atom stereocenters. The van der Waals surface area contributed by atoms with E-state index in [9.17, 15) is 4.79 Å². The van der Waals surface area contributed by atoms with Crippen LogP contribution in [0.3, 0.4) is 0 Å². The second-order valence-electron chi connectivity index (χ2n) is 6.53. The van der Waals surface area contributed by atoms with Crippen LogP contribution in [-0.4, -0.2) is 44.1 Å². The first-order valence-electron chi connectivity index (χ1n) is 8.07. The van der Waals surface area contributed by atoms with Gasteiger partial charge < -0.3 is 4.90 Å². The third-order valence-electron chi connectivity index (χ3n) is 5.06. The lowest BCUT2D eigenvalue weighted by atomic mass is 9.77. The predicted octanol–water partition coefficient (Wildman–Crippen LogP) is 1.70. The Labute approximate surface area is 135 Å². The summed E-state index contributed by atoms with van der Waals surface area (Å²) in [5.74, 6) is 0.852. The van der Waals surface area contributed by atoms with Crippen molar-refractivity contribution in [3.63, 3.8) is 0 Å². The van der Waals surface area contributed by atoms with E-state index in [0.717, 1.165) is 50.3 Å². The van der Waals surface area contributed by atoms with Gasteiger partial charge in [0, 0.05) is 24.7 Å². The number of hydrogen-bond donors (Lipinski definition) is 0. The topological polar surface area (TPSA) is 71.9 Å². The van der Waals surface area contributed by atoms with Gasteiger partial charge in [0.25, 0.3) is 5.91 Å². The average molecular weight is 309 g/mol. The van der Waals surface area contributed by atoms with Gasteiger partial charge in [-0.05, 0) is 44.2 Å². The molecule has 23 heavy (non-hydrogen) atoms. The van der Waals surface area contributed by atoms with Gasteiger partial charge in [-0.2, -0.15) is 10.2 Å². The Kier molecular flexibility index (Phi) is 3.32. The fraction of sp³-hybridized carbons (Fsp3) is 0.471. The SMILES string of the molecule is Cc1ncc2c(n1)C1(CCCN(C(=O)c3ccnnc3)C1)CC2. The van der Waals surface area contributed by atoms with E-state index < -0.39 is 0 Å². The van der Waals surface area contributed by atoms with Gasteiger partial charge in [-0.25, -0.2) is 9.97 Å². The Morgan fingerprint density at radius 2 is 2.17 bits per heavy atom. The fourth-order valence-corrected chi connectivity index (χ4v) is 3.93. The molecule has 0 bridgehead atoms. The molecular weight excluding hydrogens is 290 g/mol. The first kappa shape index (κ1) is 14.2. The smallest absolute Gasteiger partial charge is 0.255 e. The van der Waals surface area contributed by atoms with Crippen LogP contribution in [0.5, 0.6) is 0 Å². The average Bonchev–Trinajstić information content (AvgIpc) is 2.93. The first-order valence-corrected chi connectivity index (χ1v) is 8.07. The number of carbonyl (C=O) groups excluding carboxylic acids is 1. The third kappa shape index (κ3) is 2.38. The van der Waals surface area contributed by atoms with E-state index in [1.165, 1.54) is 5.56 Å². The molecule has 1 spiro atoms. The van der Waals surface area contributed by atoms with Gasteiger partial charge in [-0.1, -0.05) is 0 Å². The fourth-order valence-electron chi connectivity index (χ4n) is 3.93. The molecule has 1 fully saturated rings. The summed E-state index contributed by atoms with van der Waals surface area (Å²) in [5, 5.41) is 7.56. The maximum atomic E-state index is 12.7. The number of piperidine rings is 1. The van der Waals surface area contributed by atoms with Crippen molar-refractivity contribution in [2.75, 3.05) is 13.1 Å². The van der Waals surface area contributed by atoms with Crippen molar-refractivity contribution in [1.82, 2.24) is 25.1 Å². The molecule has 0 aromatic carbocycles. The molecule has 2 aromatic rings. The predicted molar refractivity (Wildman–Crippen MR) is 83.9 cm³/mol. The number of fused-ring (bicyclic) bond motifs is 2. The van der Waals surface area contributed by atoms with Crippen molar-refractivity contribution in [3.05, 3.63) is 47.3 Å². The van der Waals surface area contributed by atoms with Crippen LogP contribution in [0, 0.1) is 6.92 Å². The van der Waals surface area contributed by atoms with Crippen molar-refractivity contribution in [1.29, 1.82) is 0 Å². The Morgan fingerprint density at radius 1 is 1.26 bits per heavy atom. The molecule has 0 saturated carbocycles. The molecule has 1 aliphatic heterocycles. The van der Waals surface area contributed by atoms with Crippen molar-refractivity contribution in [3.8, 4) is 0 Å². The van der Waals surface area contributed by atoms with Gasteiger partial charge in [0.15, 0.2) is 0 Å². The van der Waals surface area contributed by atoms with Crippen LogP contribution in [0.15, 0.2) is 24.7 Å². The Morgan fingerprint density at radius 3 is 3.00 bits per heavy atom. The number of amides is 1. The lowest BCUT2D eigenvalue weighted by Gasteiger charge is -2.40. The summed E-state index contributed by atoms with van der Waals surface area (Å²) in [6.45, 7) is 3.46. The lowest BCUT2D eigenvalue weighted by molar-refractivity contribution is 0.0632. The Balaban J connectivity index is 1.64. The maximum Gasteiger partial charge on any atom is 0.255 e. The molecule has 0 radical (unpaired) electrons.